The van der Waals surface area contributed by atoms with Crippen LogP contribution in [0.4, 0.5) is 0 Å². The Balaban J connectivity index is 3.04. The topological polar surface area (TPSA) is 47.6 Å². The van der Waals surface area contributed by atoms with Crippen LogP contribution in [0.15, 0.2) is 0 Å². The largest absolute Gasteiger partial charge is 0.466 e. The maximum atomic E-state index is 11.2. The second-order valence-electron chi connectivity index (χ2n) is 5.60. The Morgan fingerprint density at radius 3 is 1.76 bits per heavy atom. The molecule has 0 amide bonds. The van der Waals surface area contributed by atoms with Crippen LogP contribution >= 0.6 is 0 Å². The Labute approximate surface area is 131 Å². The van der Waals surface area contributed by atoms with E-state index in [9.17, 15) is 4.79 Å². The lowest BCUT2D eigenvalue weighted by atomic mass is 10.1. The molecule has 0 aliphatic rings. The fourth-order valence-electron chi connectivity index (χ4n) is 2.25. The molecule has 1 N–H and O–H groups in total. The number of rotatable bonds is 16. The van der Waals surface area contributed by atoms with E-state index < -0.39 is 0 Å². The van der Waals surface area contributed by atoms with E-state index in [1.54, 1.807) is 7.11 Å². The van der Waals surface area contributed by atoms with Crippen molar-refractivity contribution in [3.8, 4) is 0 Å². The molecule has 0 aliphatic carbocycles. The molecule has 0 bridgehead atoms. The molecule has 0 atom stereocenters. The molecular weight excluding hydrogens is 266 g/mol. The Morgan fingerprint density at radius 1 is 0.810 bits per heavy atom. The molecule has 0 radical (unpaired) electrons. The van der Waals surface area contributed by atoms with E-state index in [2.05, 4.69) is 5.32 Å². The third-order valence-corrected chi connectivity index (χ3v) is 3.58. The van der Waals surface area contributed by atoms with Crippen molar-refractivity contribution >= 4 is 5.97 Å². The van der Waals surface area contributed by atoms with Crippen molar-refractivity contribution in [3.63, 3.8) is 0 Å². The van der Waals surface area contributed by atoms with Gasteiger partial charge in [-0.15, -0.1) is 0 Å². The van der Waals surface area contributed by atoms with Crippen LogP contribution in [0, 0.1) is 0 Å². The molecule has 0 fully saturated rings. The van der Waals surface area contributed by atoms with E-state index >= 15 is 0 Å². The number of carbonyl (C=O) groups excluding carboxylic acids is 1. The van der Waals surface area contributed by atoms with E-state index in [-0.39, 0.29) is 5.97 Å². The minimum atomic E-state index is -0.0853. The molecule has 4 nitrogen and oxygen atoms in total. The minimum absolute atomic E-state index is 0.0853. The standard InChI is InChI=1S/C17H35NO3/c1-18-14-13-17(19)21-16-12-10-8-6-4-3-5-7-9-11-15-20-2/h18H,3-16H2,1-2H3. The van der Waals surface area contributed by atoms with Crippen LogP contribution in [-0.2, 0) is 14.3 Å². The summed E-state index contributed by atoms with van der Waals surface area (Å²) in [5.41, 5.74) is 0. The second kappa shape index (κ2) is 17.4. The molecule has 0 aromatic carbocycles. The summed E-state index contributed by atoms with van der Waals surface area (Å²) in [4.78, 5) is 11.2. The molecule has 0 saturated heterocycles. The summed E-state index contributed by atoms with van der Waals surface area (Å²) in [7, 11) is 3.61. The van der Waals surface area contributed by atoms with E-state index in [0.717, 1.165) is 13.0 Å². The summed E-state index contributed by atoms with van der Waals surface area (Å²) in [6.07, 6.45) is 13.1. The molecule has 0 aromatic rings. The van der Waals surface area contributed by atoms with Crippen LogP contribution in [-0.4, -0.2) is 39.9 Å². The van der Waals surface area contributed by atoms with Gasteiger partial charge < -0.3 is 14.8 Å². The molecule has 0 rings (SSSR count). The molecule has 0 aliphatic heterocycles. The molecule has 0 unspecified atom stereocenters. The van der Waals surface area contributed by atoms with Crippen molar-refractivity contribution in [3.05, 3.63) is 0 Å². The maximum absolute atomic E-state index is 11.2. The van der Waals surface area contributed by atoms with Gasteiger partial charge in [0.05, 0.1) is 13.0 Å². The van der Waals surface area contributed by atoms with Gasteiger partial charge in [-0.25, -0.2) is 0 Å². The summed E-state index contributed by atoms with van der Waals surface area (Å²) in [5, 5.41) is 2.94. The number of unbranched alkanes of at least 4 members (excludes halogenated alkanes) is 9. The van der Waals surface area contributed by atoms with E-state index in [1.807, 2.05) is 7.05 Å². The van der Waals surface area contributed by atoms with E-state index in [0.29, 0.717) is 19.6 Å². The number of carbonyl (C=O) groups is 1. The Hall–Kier alpha value is -0.610. The lowest BCUT2D eigenvalue weighted by Gasteiger charge is -2.05. The van der Waals surface area contributed by atoms with Gasteiger partial charge >= 0.3 is 5.97 Å². The number of methoxy groups -OCH3 is 1. The Bertz CT molecular complexity index is 222. The van der Waals surface area contributed by atoms with Crippen molar-refractivity contribution in [1.29, 1.82) is 0 Å². The third kappa shape index (κ3) is 17.3. The first-order valence-electron chi connectivity index (χ1n) is 8.60. The van der Waals surface area contributed by atoms with Crippen LogP contribution in [0.1, 0.15) is 70.6 Å². The van der Waals surface area contributed by atoms with Crippen LogP contribution in [0.5, 0.6) is 0 Å². The molecule has 21 heavy (non-hydrogen) atoms. The normalized spacial score (nSPS) is 10.8. The Kier molecular flexibility index (Phi) is 16.9. The number of ether oxygens (including phenoxy) is 2. The summed E-state index contributed by atoms with van der Waals surface area (Å²) in [6, 6.07) is 0. The summed E-state index contributed by atoms with van der Waals surface area (Å²) >= 11 is 0. The second-order valence-corrected chi connectivity index (χ2v) is 5.60. The van der Waals surface area contributed by atoms with Crippen molar-refractivity contribution in [1.82, 2.24) is 5.32 Å². The average Bonchev–Trinajstić information content (AvgIpc) is 2.49. The van der Waals surface area contributed by atoms with Crippen molar-refractivity contribution in [2.45, 2.75) is 70.6 Å². The van der Waals surface area contributed by atoms with Crippen LogP contribution in [0.3, 0.4) is 0 Å². The highest BCUT2D eigenvalue weighted by atomic mass is 16.5. The lowest BCUT2D eigenvalue weighted by molar-refractivity contribution is -0.143. The van der Waals surface area contributed by atoms with Crippen LogP contribution < -0.4 is 5.32 Å². The van der Waals surface area contributed by atoms with Crippen LogP contribution in [0.25, 0.3) is 0 Å². The third-order valence-electron chi connectivity index (χ3n) is 3.58. The molecule has 0 aromatic heterocycles. The number of hydrogen-bond acceptors (Lipinski definition) is 4. The van der Waals surface area contributed by atoms with Gasteiger partial charge in [-0.05, 0) is 19.9 Å². The molecule has 0 heterocycles. The summed E-state index contributed by atoms with van der Waals surface area (Å²) in [5.74, 6) is -0.0853. The number of nitrogens with one attached hydrogen (secondary N) is 1. The van der Waals surface area contributed by atoms with E-state index in [4.69, 9.17) is 9.47 Å². The van der Waals surface area contributed by atoms with Crippen LogP contribution in [0.2, 0.25) is 0 Å². The van der Waals surface area contributed by atoms with Gasteiger partial charge in [-0.2, -0.15) is 0 Å². The SMILES string of the molecule is CNCCC(=O)OCCCCCCCCCCCCOC. The minimum Gasteiger partial charge on any atom is -0.466 e. The predicted molar refractivity (Wildman–Crippen MR) is 87.5 cm³/mol. The fourth-order valence-corrected chi connectivity index (χ4v) is 2.25. The zero-order valence-electron chi connectivity index (χ0n) is 14.1. The highest BCUT2D eigenvalue weighted by Crippen LogP contribution is 2.10. The molecule has 0 saturated carbocycles. The number of hydrogen-bond donors (Lipinski definition) is 1. The first-order chi connectivity index (χ1) is 10.3. The van der Waals surface area contributed by atoms with Gasteiger partial charge in [-0.1, -0.05) is 51.4 Å². The predicted octanol–water partition coefficient (Wildman–Crippen LogP) is 3.69. The van der Waals surface area contributed by atoms with Crippen molar-refractivity contribution < 1.29 is 14.3 Å². The quantitative estimate of drug-likeness (QED) is 0.349. The van der Waals surface area contributed by atoms with Gasteiger partial charge in [0.25, 0.3) is 0 Å². The van der Waals surface area contributed by atoms with Gasteiger partial charge in [-0.3, -0.25) is 4.79 Å². The van der Waals surface area contributed by atoms with Crippen molar-refractivity contribution in [2.75, 3.05) is 33.9 Å². The molecular formula is C17H35NO3. The van der Waals surface area contributed by atoms with Gasteiger partial charge in [0, 0.05) is 20.3 Å². The molecule has 126 valence electrons. The average molecular weight is 301 g/mol. The summed E-state index contributed by atoms with van der Waals surface area (Å²) < 4.78 is 10.2. The molecule has 0 spiro atoms. The first kappa shape index (κ1) is 20.4. The highest BCUT2D eigenvalue weighted by Gasteiger charge is 2.00. The van der Waals surface area contributed by atoms with E-state index in [1.165, 1.54) is 57.8 Å². The first-order valence-corrected chi connectivity index (χ1v) is 8.60. The Morgan fingerprint density at radius 2 is 1.29 bits per heavy atom. The van der Waals surface area contributed by atoms with Crippen molar-refractivity contribution in [2.24, 2.45) is 0 Å². The number of esters is 1. The summed E-state index contributed by atoms with van der Waals surface area (Å²) in [6.45, 7) is 2.19. The van der Waals surface area contributed by atoms with Gasteiger partial charge in [0.2, 0.25) is 0 Å². The lowest BCUT2D eigenvalue weighted by Crippen LogP contribution is -2.15. The molecule has 4 heteroatoms. The zero-order valence-corrected chi connectivity index (χ0v) is 14.1. The fraction of sp³-hybridized carbons (Fsp3) is 0.941. The monoisotopic (exact) mass is 301 g/mol. The van der Waals surface area contributed by atoms with Gasteiger partial charge in [0.15, 0.2) is 0 Å². The smallest absolute Gasteiger partial charge is 0.307 e. The highest BCUT2D eigenvalue weighted by molar-refractivity contribution is 5.69. The van der Waals surface area contributed by atoms with Gasteiger partial charge in [0.1, 0.15) is 0 Å². The zero-order chi connectivity index (χ0) is 15.6. The maximum Gasteiger partial charge on any atom is 0.307 e.